The molecule has 1 heterocycles. The van der Waals surface area contributed by atoms with Crippen LogP contribution in [0, 0.1) is 6.92 Å². The Morgan fingerprint density at radius 3 is 2.48 bits per heavy atom. The number of carbonyl (C=O) groups is 2. The van der Waals surface area contributed by atoms with Crippen LogP contribution in [0.1, 0.15) is 26.4 Å². The summed E-state index contributed by atoms with van der Waals surface area (Å²) in [7, 11) is 1.35. The second-order valence-corrected chi connectivity index (χ2v) is 5.44. The highest BCUT2D eigenvalue weighted by atomic mass is 16.5. The fourth-order valence-electron chi connectivity index (χ4n) is 2.44. The van der Waals surface area contributed by atoms with Crippen LogP contribution in [0.15, 0.2) is 59.3 Å². The molecular weight excluding hydrogens is 320 g/mol. The molecular formula is C19H16N2O4. The van der Waals surface area contributed by atoms with Crippen LogP contribution in [-0.2, 0) is 4.74 Å². The van der Waals surface area contributed by atoms with Crippen LogP contribution in [0.5, 0.6) is 0 Å². The predicted octanol–water partition coefficient (Wildman–Crippen LogP) is 3.69. The van der Waals surface area contributed by atoms with Crippen LogP contribution in [-0.4, -0.2) is 24.1 Å². The summed E-state index contributed by atoms with van der Waals surface area (Å²) in [5, 5.41) is 6.40. The van der Waals surface area contributed by atoms with Gasteiger partial charge in [0.15, 0.2) is 5.69 Å². The van der Waals surface area contributed by atoms with Crippen molar-refractivity contribution in [2.45, 2.75) is 6.92 Å². The SMILES string of the molecule is COC(=O)c1ccc(-c2cc(NC(=O)c3ccon3)ccc2C)cc1. The molecule has 1 amide bonds. The number of methoxy groups -OCH3 is 1. The van der Waals surface area contributed by atoms with Crippen LogP contribution < -0.4 is 5.32 Å². The van der Waals surface area contributed by atoms with Gasteiger partial charge in [0.25, 0.3) is 5.91 Å². The highest BCUT2D eigenvalue weighted by molar-refractivity contribution is 6.03. The van der Waals surface area contributed by atoms with Crippen molar-refractivity contribution in [3.05, 3.63) is 71.6 Å². The molecule has 6 nitrogen and oxygen atoms in total. The molecule has 0 radical (unpaired) electrons. The first-order valence-electron chi connectivity index (χ1n) is 7.59. The molecule has 3 rings (SSSR count). The minimum absolute atomic E-state index is 0.213. The summed E-state index contributed by atoms with van der Waals surface area (Å²) in [6.07, 6.45) is 1.35. The molecule has 0 aliphatic rings. The quantitative estimate of drug-likeness (QED) is 0.735. The van der Waals surface area contributed by atoms with Crippen LogP contribution >= 0.6 is 0 Å². The van der Waals surface area contributed by atoms with Crippen molar-refractivity contribution in [1.82, 2.24) is 5.16 Å². The Kier molecular flexibility index (Phi) is 4.61. The van der Waals surface area contributed by atoms with Gasteiger partial charge in [0.1, 0.15) is 6.26 Å². The van der Waals surface area contributed by atoms with Crippen LogP contribution in [0.25, 0.3) is 11.1 Å². The van der Waals surface area contributed by atoms with Crippen molar-refractivity contribution in [2.24, 2.45) is 0 Å². The largest absolute Gasteiger partial charge is 0.465 e. The third-order valence-electron chi connectivity index (χ3n) is 3.78. The number of amides is 1. The number of aryl methyl sites for hydroxylation is 1. The van der Waals surface area contributed by atoms with Gasteiger partial charge in [-0.25, -0.2) is 4.79 Å². The average molecular weight is 336 g/mol. The highest BCUT2D eigenvalue weighted by Crippen LogP contribution is 2.27. The first-order valence-corrected chi connectivity index (χ1v) is 7.59. The van der Waals surface area contributed by atoms with Gasteiger partial charge >= 0.3 is 5.97 Å². The summed E-state index contributed by atoms with van der Waals surface area (Å²) in [6.45, 7) is 1.98. The van der Waals surface area contributed by atoms with Gasteiger partial charge in [0.2, 0.25) is 0 Å². The lowest BCUT2D eigenvalue weighted by molar-refractivity contribution is 0.0600. The predicted molar refractivity (Wildman–Crippen MR) is 92.4 cm³/mol. The minimum atomic E-state index is -0.378. The zero-order valence-electron chi connectivity index (χ0n) is 13.8. The van der Waals surface area contributed by atoms with Gasteiger partial charge in [0, 0.05) is 11.8 Å². The molecule has 0 aliphatic carbocycles. The maximum Gasteiger partial charge on any atom is 0.337 e. The summed E-state index contributed by atoms with van der Waals surface area (Å²) in [4.78, 5) is 23.6. The molecule has 0 aliphatic heterocycles. The van der Waals surface area contributed by atoms with Crippen molar-refractivity contribution < 1.29 is 18.8 Å². The summed E-state index contributed by atoms with van der Waals surface area (Å²) in [5.74, 6) is -0.721. The van der Waals surface area contributed by atoms with Gasteiger partial charge < -0.3 is 14.6 Å². The van der Waals surface area contributed by atoms with Gasteiger partial charge in [-0.05, 0) is 47.9 Å². The molecule has 3 aromatic rings. The van der Waals surface area contributed by atoms with Gasteiger partial charge in [-0.2, -0.15) is 0 Å². The van der Waals surface area contributed by atoms with E-state index >= 15 is 0 Å². The summed E-state index contributed by atoms with van der Waals surface area (Å²) < 4.78 is 9.38. The molecule has 6 heteroatoms. The zero-order valence-corrected chi connectivity index (χ0v) is 13.8. The van der Waals surface area contributed by atoms with Crippen LogP contribution in [0.3, 0.4) is 0 Å². The third kappa shape index (κ3) is 3.58. The number of esters is 1. The standard InChI is InChI=1S/C19H16N2O4/c1-12-3-8-15(20-18(22)17-9-10-25-21-17)11-16(12)13-4-6-14(7-5-13)19(23)24-2/h3-11H,1-2H3,(H,20,22). The minimum Gasteiger partial charge on any atom is -0.465 e. The number of benzene rings is 2. The molecule has 0 bridgehead atoms. The van der Waals surface area contributed by atoms with Crippen LogP contribution in [0.2, 0.25) is 0 Å². The van der Waals surface area contributed by atoms with E-state index in [1.165, 1.54) is 19.4 Å². The van der Waals surface area contributed by atoms with Gasteiger partial charge in [-0.1, -0.05) is 23.4 Å². The van der Waals surface area contributed by atoms with E-state index < -0.39 is 0 Å². The molecule has 0 unspecified atom stereocenters. The Labute approximate surface area is 144 Å². The summed E-state index contributed by atoms with van der Waals surface area (Å²) in [6, 6.07) is 14.2. The number of hydrogen-bond acceptors (Lipinski definition) is 5. The number of aromatic nitrogens is 1. The van der Waals surface area contributed by atoms with Crippen LogP contribution in [0.4, 0.5) is 5.69 Å². The van der Waals surface area contributed by atoms with E-state index in [-0.39, 0.29) is 17.6 Å². The topological polar surface area (TPSA) is 81.4 Å². The van der Waals surface area contributed by atoms with Crippen molar-refractivity contribution in [3.63, 3.8) is 0 Å². The lowest BCUT2D eigenvalue weighted by Crippen LogP contribution is -2.12. The van der Waals surface area contributed by atoms with Gasteiger partial charge in [-0.3, -0.25) is 4.79 Å². The van der Waals surface area contributed by atoms with E-state index in [1.54, 1.807) is 12.1 Å². The molecule has 2 aromatic carbocycles. The monoisotopic (exact) mass is 336 g/mol. The molecule has 0 spiro atoms. The second kappa shape index (κ2) is 7.00. The number of rotatable bonds is 4. The van der Waals surface area contributed by atoms with E-state index in [1.807, 2.05) is 37.3 Å². The van der Waals surface area contributed by atoms with E-state index in [2.05, 4.69) is 15.0 Å². The molecule has 126 valence electrons. The maximum absolute atomic E-state index is 12.1. The molecule has 0 saturated heterocycles. The number of ether oxygens (including phenoxy) is 1. The maximum atomic E-state index is 12.1. The number of nitrogens with zero attached hydrogens (tertiary/aromatic N) is 1. The number of nitrogens with one attached hydrogen (secondary N) is 1. The normalized spacial score (nSPS) is 10.3. The fourth-order valence-corrected chi connectivity index (χ4v) is 2.44. The lowest BCUT2D eigenvalue weighted by atomic mass is 9.99. The molecule has 0 fully saturated rings. The Morgan fingerprint density at radius 1 is 1.08 bits per heavy atom. The third-order valence-corrected chi connectivity index (χ3v) is 3.78. The van der Waals surface area contributed by atoms with Gasteiger partial charge in [-0.15, -0.1) is 0 Å². The van der Waals surface area contributed by atoms with E-state index in [0.29, 0.717) is 11.3 Å². The Balaban J connectivity index is 1.86. The van der Waals surface area contributed by atoms with E-state index in [4.69, 9.17) is 4.74 Å². The Morgan fingerprint density at radius 2 is 1.84 bits per heavy atom. The zero-order chi connectivity index (χ0) is 17.8. The molecule has 0 saturated carbocycles. The van der Waals surface area contributed by atoms with Crippen molar-refractivity contribution in [3.8, 4) is 11.1 Å². The number of carbonyl (C=O) groups excluding carboxylic acids is 2. The number of anilines is 1. The van der Waals surface area contributed by atoms with E-state index in [0.717, 1.165) is 16.7 Å². The summed E-state index contributed by atoms with van der Waals surface area (Å²) >= 11 is 0. The van der Waals surface area contributed by atoms with Crippen molar-refractivity contribution in [1.29, 1.82) is 0 Å². The smallest absolute Gasteiger partial charge is 0.337 e. The first-order chi connectivity index (χ1) is 12.1. The molecule has 1 aromatic heterocycles. The number of hydrogen-bond donors (Lipinski definition) is 1. The molecule has 0 atom stereocenters. The fraction of sp³-hybridized carbons (Fsp3) is 0.105. The molecule has 25 heavy (non-hydrogen) atoms. The van der Waals surface area contributed by atoms with Crippen molar-refractivity contribution in [2.75, 3.05) is 12.4 Å². The van der Waals surface area contributed by atoms with Crippen molar-refractivity contribution >= 4 is 17.6 Å². The summed E-state index contributed by atoms with van der Waals surface area (Å²) in [5.41, 5.74) is 4.27. The average Bonchev–Trinajstić information content (AvgIpc) is 3.17. The van der Waals surface area contributed by atoms with E-state index in [9.17, 15) is 9.59 Å². The molecule has 1 N–H and O–H groups in total. The Bertz CT molecular complexity index is 900. The second-order valence-electron chi connectivity index (χ2n) is 5.44. The highest BCUT2D eigenvalue weighted by Gasteiger charge is 2.11. The van der Waals surface area contributed by atoms with Gasteiger partial charge in [0.05, 0.1) is 12.7 Å². The lowest BCUT2D eigenvalue weighted by Gasteiger charge is -2.10. The Hall–Kier alpha value is -3.41. The first kappa shape index (κ1) is 16.4.